The second-order valence-electron chi connectivity index (χ2n) is 3.70. The van der Waals surface area contributed by atoms with Crippen LogP contribution in [0.15, 0.2) is 6.07 Å². The SMILES string of the molecule is CCNCC(CC)Oc1cc(C)nn1C. The van der Waals surface area contributed by atoms with Gasteiger partial charge in [0.05, 0.1) is 5.69 Å². The molecular weight excluding hydrogens is 190 g/mol. The second kappa shape index (κ2) is 5.75. The maximum atomic E-state index is 5.86. The van der Waals surface area contributed by atoms with Crippen LogP contribution in [0.1, 0.15) is 26.0 Å². The number of nitrogens with one attached hydrogen (secondary N) is 1. The first kappa shape index (κ1) is 12.0. The molecule has 1 N–H and O–H groups in total. The summed E-state index contributed by atoms with van der Waals surface area (Å²) in [5.41, 5.74) is 0.991. The van der Waals surface area contributed by atoms with Gasteiger partial charge < -0.3 is 10.1 Å². The first-order valence-corrected chi connectivity index (χ1v) is 5.55. The van der Waals surface area contributed by atoms with Crippen molar-refractivity contribution in [3.63, 3.8) is 0 Å². The lowest BCUT2D eigenvalue weighted by Crippen LogP contribution is -2.31. The highest BCUT2D eigenvalue weighted by Crippen LogP contribution is 2.13. The number of nitrogens with zero attached hydrogens (tertiary/aromatic N) is 2. The Morgan fingerprint density at radius 2 is 2.27 bits per heavy atom. The van der Waals surface area contributed by atoms with Gasteiger partial charge >= 0.3 is 0 Å². The van der Waals surface area contributed by atoms with Crippen LogP contribution in [0.2, 0.25) is 0 Å². The van der Waals surface area contributed by atoms with Crippen LogP contribution in [0.5, 0.6) is 5.88 Å². The molecule has 0 radical (unpaired) electrons. The monoisotopic (exact) mass is 211 g/mol. The Balaban J connectivity index is 2.54. The van der Waals surface area contributed by atoms with Crippen molar-refractivity contribution >= 4 is 0 Å². The van der Waals surface area contributed by atoms with Crippen LogP contribution in [-0.2, 0) is 7.05 Å². The summed E-state index contributed by atoms with van der Waals surface area (Å²) in [6.07, 6.45) is 1.22. The fraction of sp³-hybridized carbons (Fsp3) is 0.727. The van der Waals surface area contributed by atoms with E-state index in [0.717, 1.165) is 31.1 Å². The van der Waals surface area contributed by atoms with Crippen molar-refractivity contribution in [1.82, 2.24) is 15.1 Å². The van der Waals surface area contributed by atoms with Crippen molar-refractivity contribution in [2.24, 2.45) is 7.05 Å². The highest BCUT2D eigenvalue weighted by atomic mass is 16.5. The van der Waals surface area contributed by atoms with Gasteiger partial charge in [-0.25, -0.2) is 4.68 Å². The van der Waals surface area contributed by atoms with E-state index in [-0.39, 0.29) is 6.10 Å². The Bertz CT molecular complexity index is 296. The second-order valence-corrected chi connectivity index (χ2v) is 3.70. The topological polar surface area (TPSA) is 39.1 Å². The molecule has 1 rings (SSSR count). The molecule has 1 aromatic rings. The van der Waals surface area contributed by atoms with Crippen LogP contribution < -0.4 is 10.1 Å². The van der Waals surface area contributed by atoms with E-state index in [1.165, 1.54) is 0 Å². The number of aryl methyl sites for hydroxylation is 2. The number of likely N-dealkylation sites (N-methyl/N-ethyl adjacent to an activating group) is 1. The highest BCUT2D eigenvalue weighted by Gasteiger charge is 2.10. The zero-order valence-electron chi connectivity index (χ0n) is 10.1. The first-order chi connectivity index (χ1) is 7.17. The Morgan fingerprint density at radius 1 is 1.53 bits per heavy atom. The van der Waals surface area contributed by atoms with Gasteiger partial charge in [-0.1, -0.05) is 13.8 Å². The molecule has 0 aromatic carbocycles. The van der Waals surface area contributed by atoms with E-state index in [1.807, 2.05) is 20.0 Å². The summed E-state index contributed by atoms with van der Waals surface area (Å²) in [4.78, 5) is 0. The van der Waals surface area contributed by atoms with E-state index >= 15 is 0 Å². The zero-order chi connectivity index (χ0) is 11.3. The average Bonchev–Trinajstić information content (AvgIpc) is 2.52. The number of hydrogen-bond acceptors (Lipinski definition) is 3. The summed E-state index contributed by atoms with van der Waals surface area (Å²) < 4.78 is 7.64. The molecule has 1 aromatic heterocycles. The summed E-state index contributed by atoms with van der Waals surface area (Å²) in [7, 11) is 1.91. The van der Waals surface area contributed by atoms with Gasteiger partial charge in [0.15, 0.2) is 0 Å². The summed E-state index contributed by atoms with van der Waals surface area (Å²) in [6, 6.07) is 1.97. The minimum absolute atomic E-state index is 0.222. The largest absolute Gasteiger partial charge is 0.473 e. The minimum atomic E-state index is 0.222. The number of hydrogen-bond donors (Lipinski definition) is 1. The third-order valence-electron chi connectivity index (χ3n) is 2.32. The lowest BCUT2D eigenvalue weighted by atomic mass is 10.3. The van der Waals surface area contributed by atoms with E-state index < -0.39 is 0 Å². The standard InChI is InChI=1S/C11H21N3O/c1-5-10(8-12-6-2)15-11-7-9(3)13-14(11)4/h7,10,12H,5-6,8H2,1-4H3. The predicted molar refractivity (Wildman–Crippen MR) is 61.2 cm³/mol. The molecule has 0 bridgehead atoms. The first-order valence-electron chi connectivity index (χ1n) is 5.55. The highest BCUT2D eigenvalue weighted by molar-refractivity contribution is 5.14. The van der Waals surface area contributed by atoms with Gasteiger partial charge in [0.25, 0.3) is 0 Å². The molecule has 0 aliphatic rings. The van der Waals surface area contributed by atoms with Crippen molar-refractivity contribution < 1.29 is 4.74 Å². The van der Waals surface area contributed by atoms with Gasteiger partial charge in [0.2, 0.25) is 5.88 Å². The molecule has 0 fully saturated rings. The Morgan fingerprint density at radius 3 is 2.73 bits per heavy atom. The molecule has 15 heavy (non-hydrogen) atoms. The number of rotatable bonds is 6. The zero-order valence-corrected chi connectivity index (χ0v) is 10.1. The van der Waals surface area contributed by atoms with Gasteiger partial charge in [-0.15, -0.1) is 0 Å². The Hall–Kier alpha value is -1.03. The summed E-state index contributed by atoms with van der Waals surface area (Å²) in [6.45, 7) is 8.06. The number of ether oxygens (including phenoxy) is 1. The maximum absolute atomic E-state index is 5.86. The van der Waals surface area contributed by atoms with Gasteiger partial charge in [0, 0.05) is 19.7 Å². The van der Waals surface area contributed by atoms with Crippen LogP contribution in [0.4, 0.5) is 0 Å². The third-order valence-corrected chi connectivity index (χ3v) is 2.32. The summed E-state index contributed by atoms with van der Waals surface area (Å²) >= 11 is 0. The van der Waals surface area contributed by atoms with E-state index in [4.69, 9.17) is 4.74 Å². The molecule has 86 valence electrons. The van der Waals surface area contributed by atoms with Crippen LogP contribution >= 0.6 is 0 Å². The lowest BCUT2D eigenvalue weighted by molar-refractivity contribution is 0.178. The average molecular weight is 211 g/mol. The molecular formula is C11H21N3O. The molecule has 1 heterocycles. The Kier molecular flexibility index (Phi) is 4.62. The van der Waals surface area contributed by atoms with Crippen LogP contribution in [0, 0.1) is 6.92 Å². The van der Waals surface area contributed by atoms with Gasteiger partial charge in [-0.2, -0.15) is 5.10 Å². The van der Waals surface area contributed by atoms with Crippen molar-refractivity contribution in [3.8, 4) is 5.88 Å². The number of aromatic nitrogens is 2. The normalized spacial score (nSPS) is 12.8. The molecule has 4 nitrogen and oxygen atoms in total. The van der Waals surface area contributed by atoms with E-state index in [2.05, 4.69) is 24.3 Å². The molecule has 0 saturated heterocycles. The van der Waals surface area contributed by atoms with E-state index in [0.29, 0.717) is 0 Å². The Labute approximate surface area is 91.6 Å². The molecule has 0 saturated carbocycles. The lowest BCUT2D eigenvalue weighted by Gasteiger charge is -2.17. The quantitative estimate of drug-likeness (QED) is 0.775. The van der Waals surface area contributed by atoms with Crippen molar-refractivity contribution in [2.75, 3.05) is 13.1 Å². The molecule has 0 aliphatic heterocycles. The molecule has 0 spiro atoms. The van der Waals surface area contributed by atoms with Crippen molar-refractivity contribution in [3.05, 3.63) is 11.8 Å². The fourth-order valence-electron chi connectivity index (χ4n) is 1.44. The minimum Gasteiger partial charge on any atom is -0.473 e. The molecule has 0 amide bonds. The van der Waals surface area contributed by atoms with Gasteiger partial charge in [-0.3, -0.25) is 0 Å². The molecule has 4 heteroatoms. The smallest absolute Gasteiger partial charge is 0.212 e. The van der Waals surface area contributed by atoms with Crippen LogP contribution in [0.3, 0.4) is 0 Å². The van der Waals surface area contributed by atoms with Crippen molar-refractivity contribution in [1.29, 1.82) is 0 Å². The van der Waals surface area contributed by atoms with Gasteiger partial charge in [-0.05, 0) is 19.9 Å². The third kappa shape index (κ3) is 3.55. The van der Waals surface area contributed by atoms with Gasteiger partial charge in [0.1, 0.15) is 6.10 Å². The van der Waals surface area contributed by atoms with Crippen LogP contribution in [0.25, 0.3) is 0 Å². The van der Waals surface area contributed by atoms with Crippen LogP contribution in [-0.4, -0.2) is 29.0 Å². The summed E-state index contributed by atoms with van der Waals surface area (Å²) in [5.74, 6) is 0.845. The predicted octanol–water partition coefficient (Wildman–Crippen LogP) is 1.50. The van der Waals surface area contributed by atoms with E-state index in [1.54, 1.807) is 4.68 Å². The molecule has 1 unspecified atom stereocenters. The fourth-order valence-corrected chi connectivity index (χ4v) is 1.44. The molecule has 0 aliphatic carbocycles. The molecule has 1 atom stereocenters. The summed E-state index contributed by atoms with van der Waals surface area (Å²) in [5, 5.41) is 7.54. The maximum Gasteiger partial charge on any atom is 0.212 e. The van der Waals surface area contributed by atoms with Crippen molar-refractivity contribution in [2.45, 2.75) is 33.3 Å². The van der Waals surface area contributed by atoms with E-state index in [9.17, 15) is 0 Å².